The number of rotatable bonds is 18. The fourth-order valence-electron chi connectivity index (χ4n) is 4.81. The molecule has 0 aliphatic heterocycles. The Morgan fingerprint density at radius 3 is 2.32 bits per heavy atom. The minimum absolute atomic E-state index is 0.0356. The van der Waals surface area contributed by atoms with Gasteiger partial charge in [0.25, 0.3) is 0 Å². The van der Waals surface area contributed by atoms with Crippen LogP contribution in [-0.2, 0) is 20.9 Å². The zero-order valence-electron chi connectivity index (χ0n) is 29.8. The van der Waals surface area contributed by atoms with E-state index in [1.165, 1.54) is 30.4 Å². The Morgan fingerprint density at radius 1 is 0.900 bits per heavy atom. The summed E-state index contributed by atoms with van der Waals surface area (Å²) >= 11 is 1.01. The van der Waals surface area contributed by atoms with Crippen molar-refractivity contribution in [2.24, 2.45) is 0 Å². The first-order valence-electron chi connectivity index (χ1n) is 16.6. The number of nitrogens with one attached hydrogen (secondary N) is 4. The van der Waals surface area contributed by atoms with Crippen molar-refractivity contribution in [1.29, 1.82) is 0 Å². The van der Waals surface area contributed by atoms with Gasteiger partial charge in [0.1, 0.15) is 22.1 Å². The molecular weight excluding hydrogens is 677 g/mol. The number of hydrazine groups is 1. The molecule has 0 aliphatic rings. The average Bonchev–Trinajstić information content (AvgIpc) is 3.60. The lowest BCUT2D eigenvalue weighted by molar-refractivity contribution is 0.240. The molecule has 0 unspecified atom stereocenters. The second-order valence-corrected chi connectivity index (χ2v) is 15.4. The van der Waals surface area contributed by atoms with Crippen molar-refractivity contribution >= 4 is 32.7 Å². The second kappa shape index (κ2) is 17.0. The van der Waals surface area contributed by atoms with Gasteiger partial charge in [0, 0.05) is 29.2 Å². The predicted octanol–water partition coefficient (Wildman–Crippen LogP) is 7.00. The van der Waals surface area contributed by atoms with Gasteiger partial charge in [-0.05, 0) is 72.1 Å². The third-order valence-corrected chi connectivity index (χ3v) is 10.8. The van der Waals surface area contributed by atoms with Gasteiger partial charge in [-0.1, -0.05) is 71.9 Å². The number of anilines is 1. The first kappa shape index (κ1) is 38.4. The lowest BCUT2D eigenvalue weighted by Crippen LogP contribution is -2.39. The molecule has 0 fully saturated rings. The van der Waals surface area contributed by atoms with E-state index in [1.807, 2.05) is 6.07 Å². The summed E-state index contributed by atoms with van der Waals surface area (Å²) in [5, 5.41) is 3.11. The molecule has 0 aliphatic carbocycles. The zero-order chi connectivity index (χ0) is 36.4. The van der Waals surface area contributed by atoms with E-state index in [9.17, 15) is 13.2 Å². The molecule has 4 N–H and O–H groups in total. The van der Waals surface area contributed by atoms with E-state index >= 15 is 0 Å². The van der Waals surface area contributed by atoms with Crippen LogP contribution in [-0.4, -0.2) is 50.8 Å². The van der Waals surface area contributed by atoms with Crippen LogP contribution in [0, 0.1) is 0 Å². The van der Waals surface area contributed by atoms with Crippen molar-refractivity contribution < 1.29 is 27.4 Å². The third-order valence-electron chi connectivity index (χ3n) is 8.77. The van der Waals surface area contributed by atoms with E-state index in [4.69, 9.17) is 14.2 Å². The summed E-state index contributed by atoms with van der Waals surface area (Å²) in [5.74, 6) is 1.82. The van der Waals surface area contributed by atoms with E-state index in [1.54, 1.807) is 30.3 Å². The molecule has 0 bridgehead atoms. The number of para-hydroxylation sites is 1. The van der Waals surface area contributed by atoms with Gasteiger partial charge in [-0.15, -0.1) is 0 Å². The van der Waals surface area contributed by atoms with Crippen molar-refractivity contribution in [2.75, 3.05) is 32.4 Å². The molecule has 50 heavy (non-hydrogen) atoms. The van der Waals surface area contributed by atoms with Crippen molar-refractivity contribution in [1.82, 2.24) is 24.8 Å². The second-order valence-electron chi connectivity index (χ2n) is 12.9. The highest BCUT2D eigenvalue weighted by Gasteiger charge is 2.27. The molecule has 1 aromatic heterocycles. The summed E-state index contributed by atoms with van der Waals surface area (Å²) in [7, 11) is -2.62. The van der Waals surface area contributed by atoms with Gasteiger partial charge >= 0.3 is 6.03 Å². The Bertz CT molecular complexity index is 1830. The summed E-state index contributed by atoms with van der Waals surface area (Å²) in [5.41, 5.74) is 8.29. The van der Waals surface area contributed by atoms with Gasteiger partial charge in [-0.2, -0.15) is 14.1 Å². The maximum atomic E-state index is 13.1. The molecule has 2 amide bonds. The molecule has 4 aromatic rings. The Hall–Kier alpha value is -4.40. The normalized spacial score (nSPS) is 11.9. The van der Waals surface area contributed by atoms with Crippen LogP contribution < -0.4 is 35.1 Å². The van der Waals surface area contributed by atoms with Crippen molar-refractivity contribution in [3.63, 3.8) is 0 Å². The number of ether oxygens (including phenoxy) is 3. The van der Waals surface area contributed by atoms with Crippen molar-refractivity contribution in [3.05, 3.63) is 77.9 Å². The lowest BCUT2D eigenvalue weighted by atomic mass is 9.76. The van der Waals surface area contributed by atoms with Gasteiger partial charge in [-0.3, -0.25) is 5.43 Å². The van der Waals surface area contributed by atoms with E-state index in [0.29, 0.717) is 36.0 Å². The quantitative estimate of drug-likeness (QED) is 0.0483. The van der Waals surface area contributed by atoms with E-state index in [-0.39, 0.29) is 34.0 Å². The van der Waals surface area contributed by atoms with Gasteiger partial charge in [0.2, 0.25) is 15.2 Å². The molecule has 4 rings (SSSR count). The molecule has 1 heterocycles. The molecule has 12 nitrogen and oxygen atoms in total. The lowest BCUT2D eigenvalue weighted by Gasteiger charge is -2.30. The van der Waals surface area contributed by atoms with Crippen LogP contribution in [0.25, 0.3) is 11.4 Å². The Morgan fingerprint density at radius 2 is 1.62 bits per heavy atom. The molecule has 3 aromatic carbocycles. The Kier molecular flexibility index (Phi) is 13.1. The van der Waals surface area contributed by atoms with Gasteiger partial charge < -0.3 is 19.5 Å². The fraction of sp³-hybridized carbons (Fsp3) is 0.417. The summed E-state index contributed by atoms with van der Waals surface area (Å²) in [6, 6.07) is 19.5. The van der Waals surface area contributed by atoms with Crippen LogP contribution in [0.5, 0.6) is 17.2 Å². The number of sulfonamides is 1. The number of amides is 2. The number of nitrogens with zero attached hydrogens (tertiary/aromatic N) is 2. The molecule has 0 saturated carbocycles. The number of benzene rings is 3. The zero-order valence-corrected chi connectivity index (χ0v) is 31.4. The number of carbonyl (C=O) groups excluding carboxylic acids is 1. The highest BCUT2D eigenvalue weighted by Crippen LogP contribution is 2.38. The Labute approximate surface area is 299 Å². The highest BCUT2D eigenvalue weighted by atomic mass is 32.2. The number of aromatic nitrogens is 2. The van der Waals surface area contributed by atoms with Crippen LogP contribution in [0.2, 0.25) is 0 Å². The first-order chi connectivity index (χ1) is 23.8. The van der Waals surface area contributed by atoms with E-state index in [2.05, 4.69) is 90.0 Å². The summed E-state index contributed by atoms with van der Waals surface area (Å²) < 4.78 is 49.9. The summed E-state index contributed by atoms with van der Waals surface area (Å²) in [4.78, 5) is 16.7. The summed E-state index contributed by atoms with van der Waals surface area (Å²) in [6.45, 7) is 14.0. The third kappa shape index (κ3) is 10.1. The fourth-order valence-corrected chi connectivity index (χ4v) is 6.42. The highest BCUT2D eigenvalue weighted by molar-refractivity contribution is 7.89. The van der Waals surface area contributed by atoms with E-state index < -0.39 is 16.1 Å². The van der Waals surface area contributed by atoms with Crippen molar-refractivity contribution in [2.45, 2.75) is 76.5 Å². The number of hydrogen-bond acceptors (Lipinski definition) is 10. The van der Waals surface area contributed by atoms with Crippen LogP contribution in [0.15, 0.2) is 71.6 Å². The molecule has 0 radical (unpaired) electrons. The maximum Gasteiger partial charge on any atom is 0.333 e. The molecular formula is C36H48N6O6S2. The van der Waals surface area contributed by atoms with Crippen LogP contribution in [0.4, 0.5) is 9.93 Å². The molecule has 14 heteroatoms. The number of carbonyl (C=O) groups is 1. The number of hydrogen-bond donors (Lipinski definition) is 4. The smallest absolute Gasteiger partial charge is 0.333 e. The van der Waals surface area contributed by atoms with Crippen LogP contribution in [0.3, 0.4) is 0 Å². The Balaban J connectivity index is 1.27. The molecule has 0 atom stereocenters. The number of methoxy groups -OCH3 is 1. The molecule has 0 saturated heterocycles. The van der Waals surface area contributed by atoms with Gasteiger partial charge in [-0.25, -0.2) is 18.6 Å². The van der Waals surface area contributed by atoms with Crippen LogP contribution in [0.1, 0.15) is 71.9 Å². The first-order valence-corrected chi connectivity index (χ1v) is 18.8. The van der Waals surface area contributed by atoms with Crippen LogP contribution >= 0.6 is 11.5 Å². The van der Waals surface area contributed by atoms with Crippen molar-refractivity contribution in [3.8, 4) is 28.6 Å². The van der Waals surface area contributed by atoms with Gasteiger partial charge in [0.15, 0.2) is 12.6 Å². The topological polar surface area (TPSA) is 153 Å². The minimum Gasteiger partial charge on any atom is -0.495 e. The SMILES string of the molecule is CCC(C)(C)c1ccc(OCCCNC(=O)NNc2nc(-c3ccc(OC)c(S(=O)(=O)NCOc4ccccc4)c3)ns2)c(C(C)(C)CC)c1. The monoisotopic (exact) mass is 724 g/mol. The largest absolute Gasteiger partial charge is 0.495 e. The number of urea groups is 1. The summed E-state index contributed by atoms with van der Waals surface area (Å²) in [6.07, 6.45) is 2.64. The molecule has 270 valence electrons. The predicted molar refractivity (Wildman–Crippen MR) is 198 cm³/mol. The average molecular weight is 725 g/mol. The van der Waals surface area contributed by atoms with E-state index in [0.717, 1.165) is 30.1 Å². The standard InChI is InChI=1S/C36H48N6O6S2/c1-8-35(3,4)26-17-19-29(28(23-26)36(5,6)9-2)47-21-13-20-37-33(43)40-41-34-39-32(42-49-34)25-16-18-30(46-7)31(22-25)50(44,45)38-24-48-27-14-11-10-12-15-27/h10-12,14-19,22-23,38H,8-9,13,20-21,24H2,1-7H3,(H2,37,40,43)(H,39,41,42). The van der Waals surface area contributed by atoms with Gasteiger partial charge in [0.05, 0.1) is 13.7 Å². The minimum atomic E-state index is -4.01. The maximum absolute atomic E-state index is 13.1. The molecule has 0 spiro atoms.